The summed E-state index contributed by atoms with van der Waals surface area (Å²) in [5.74, 6) is 0.711. The highest BCUT2D eigenvalue weighted by atomic mass is 16.2. The second kappa shape index (κ2) is 6.06. The highest BCUT2D eigenvalue weighted by molar-refractivity contribution is 5.96. The average molecular weight is 261 g/mol. The number of carbonyl (C=O) groups excluding carboxylic acids is 1. The van der Waals surface area contributed by atoms with E-state index in [0.717, 1.165) is 30.8 Å². The van der Waals surface area contributed by atoms with Crippen molar-refractivity contribution in [1.29, 1.82) is 0 Å². The number of rotatable bonds is 5. The fourth-order valence-corrected chi connectivity index (χ4v) is 2.42. The standard InChI is InChI=1S/C15H23N3O/c1-3-11(9-16)10-17-13-5-6-14-12(8-13)4-7-15(19)18(14)2/h5-6,8,11,17H,3-4,7,9-10,16H2,1-2H3. The minimum Gasteiger partial charge on any atom is -0.385 e. The van der Waals surface area contributed by atoms with Gasteiger partial charge in [0, 0.05) is 31.4 Å². The molecule has 0 spiro atoms. The molecule has 0 saturated carbocycles. The van der Waals surface area contributed by atoms with Crippen LogP contribution in [-0.4, -0.2) is 26.0 Å². The first-order valence-corrected chi connectivity index (χ1v) is 6.99. The Morgan fingerprint density at radius 3 is 2.89 bits per heavy atom. The molecule has 4 nitrogen and oxygen atoms in total. The molecule has 0 radical (unpaired) electrons. The maximum absolute atomic E-state index is 11.6. The zero-order valence-electron chi connectivity index (χ0n) is 11.8. The van der Waals surface area contributed by atoms with Gasteiger partial charge in [0.15, 0.2) is 0 Å². The number of nitrogens with zero attached hydrogens (tertiary/aromatic N) is 1. The van der Waals surface area contributed by atoms with Crippen LogP contribution in [0.25, 0.3) is 0 Å². The zero-order valence-corrected chi connectivity index (χ0v) is 11.8. The van der Waals surface area contributed by atoms with Crippen molar-refractivity contribution < 1.29 is 4.79 Å². The maximum atomic E-state index is 11.6. The van der Waals surface area contributed by atoms with Crippen LogP contribution in [0.3, 0.4) is 0 Å². The van der Waals surface area contributed by atoms with E-state index in [-0.39, 0.29) is 5.91 Å². The van der Waals surface area contributed by atoms with Crippen molar-refractivity contribution in [1.82, 2.24) is 0 Å². The maximum Gasteiger partial charge on any atom is 0.227 e. The van der Waals surface area contributed by atoms with E-state index in [0.29, 0.717) is 18.9 Å². The molecule has 0 aliphatic carbocycles. The van der Waals surface area contributed by atoms with Crippen molar-refractivity contribution in [2.24, 2.45) is 11.7 Å². The molecule has 2 rings (SSSR count). The van der Waals surface area contributed by atoms with Crippen molar-refractivity contribution in [2.75, 3.05) is 30.4 Å². The van der Waals surface area contributed by atoms with E-state index in [2.05, 4.69) is 18.3 Å². The summed E-state index contributed by atoms with van der Waals surface area (Å²) >= 11 is 0. The van der Waals surface area contributed by atoms with Gasteiger partial charge in [0.1, 0.15) is 0 Å². The van der Waals surface area contributed by atoms with Gasteiger partial charge in [-0.2, -0.15) is 0 Å². The van der Waals surface area contributed by atoms with Crippen molar-refractivity contribution >= 4 is 17.3 Å². The summed E-state index contributed by atoms with van der Waals surface area (Å²) in [4.78, 5) is 13.4. The summed E-state index contributed by atoms with van der Waals surface area (Å²) in [5.41, 5.74) is 9.10. The van der Waals surface area contributed by atoms with Crippen LogP contribution in [0.5, 0.6) is 0 Å². The number of nitrogens with two attached hydrogens (primary N) is 1. The SMILES string of the molecule is CCC(CN)CNc1ccc2c(c1)CCC(=O)N2C. The van der Waals surface area contributed by atoms with Crippen molar-refractivity contribution in [3.8, 4) is 0 Å². The van der Waals surface area contributed by atoms with Gasteiger partial charge in [0.25, 0.3) is 0 Å². The second-order valence-electron chi connectivity index (χ2n) is 5.19. The van der Waals surface area contributed by atoms with Crippen LogP contribution in [0, 0.1) is 5.92 Å². The van der Waals surface area contributed by atoms with Crippen LogP contribution in [0.1, 0.15) is 25.3 Å². The van der Waals surface area contributed by atoms with Crippen molar-refractivity contribution in [3.05, 3.63) is 23.8 Å². The van der Waals surface area contributed by atoms with Crippen LogP contribution in [0.4, 0.5) is 11.4 Å². The van der Waals surface area contributed by atoms with Gasteiger partial charge in [0.05, 0.1) is 0 Å². The Morgan fingerprint density at radius 1 is 1.42 bits per heavy atom. The third-order valence-electron chi connectivity index (χ3n) is 3.93. The van der Waals surface area contributed by atoms with Gasteiger partial charge in [-0.15, -0.1) is 0 Å². The molecule has 1 aliphatic heterocycles. The number of hydrogen-bond donors (Lipinski definition) is 2. The lowest BCUT2D eigenvalue weighted by molar-refractivity contribution is -0.118. The van der Waals surface area contributed by atoms with Crippen LogP contribution in [0.2, 0.25) is 0 Å². The topological polar surface area (TPSA) is 58.4 Å². The van der Waals surface area contributed by atoms with Gasteiger partial charge >= 0.3 is 0 Å². The zero-order chi connectivity index (χ0) is 13.8. The molecular weight excluding hydrogens is 238 g/mol. The lowest BCUT2D eigenvalue weighted by atomic mass is 10.0. The van der Waals surface area contributed by atoms with E-state index in [1.807, 2.05) is 19.2 Å². The lowest BCUT2D eigenvalue weighted by Crippen LogP contribution is -2.31. The van der Waals surface area contributed by atoms with E-state index in [1.165, 1.54) is 5.56 Å². The number of nitrogens with one attached hydrogen (secondary N) is 1. The minimum atomic E-state index is 0.197. The molecular formula is C15H23N3O. The number of fused-ring (bicyclic) bond motifs is 1. The summed E-state index contributed by atoms with van der Waals surface area (Å²) in [6.07, 6.45) is 2.53. The molecule has 1 aromatic rings. The molecule has 0 aromatic heterocycles. The minimum absolute atomic E-state index is 0.197. The molecule has 0 saturated heterocycles. The van der Waals surface area contributed by atoms with Gasteiger partial charge in [-0.05, 0) is 42.6 Å². The average Bonchev–Trinajstić information content (AvgIpc) is 2.44. The summed E-state index contributed by atoms with van der Waals surface area (Å²) in [6.45, 7) is 3.78. The van der Waals surface area contributed by atoms with E-state index >= 15 is 0 Å². The normalized spacial score (nSPS) is 16.2. The summed E-state index contributed by atoms with van der Waals surface area (Å²) in [7, 11) is 1.84. The van der Waals surface area contributed by atoms with Crippen LogP contribution >= 0.6 is 0 Å². The predicted molar refractivity (Wildman–Crippen MR) is 79.5 cm³/mol. The fraction of sp³-hybridized carbons (Fsp3) is 0.533. The summed E-state index contributed by atoms with van der Waals surface area (Å²) in [6, 6.07) is 6.22. The number of benzene rings is 1. The molecule has 3 N–H and O–H groups in total. The monoisotopic (exact) mass is 261 g/mol. The highest BCUT2D eigenvalue weighted by Crippen LogP contribution is 2.29. The predicted octanol–water partition coefficient (Wildman–Crippen LogP) is 1.99. The second-order valence-corrected chi connectivity index (χ2v) is 5.19. The van der Waals surface area contributed by atoms with Gasteiger partial charge in [0.2, 0.25) is 5.91 Å². The molecule has 0 fully saturated rings. The van der Waals surface area contributed by atoms with Crippen molar-refractivity contribution in [3.63, 3.8) is 0 Å². The van der Waals surface area contributed by atoms with E-state index in [4.69, 9.17) is 5.73 Å². The number of amides is 1. The smallest absolute Gasteiger partial charge is 0.227 e. The molecule has 1 atom stereocenters. The molecule has 1 amide bonds. The number of carbonyl (C=O) groups is 1. The van der Waals surface area contributed by atoms with E-state index in [1.54, 1.807) is 4.90 Å². The fourth-order valence-electron chi connectivity index (χ4n) is 2.42. The van der Waals surface area contributed by atoms with Crippen molar-refractivity contribution in [2.45, 2.75) is 26.2 Å². The first kappa shape index (κ1) is 13.9. The van der Waals surface area contributed by atoms with Crippen LogP contribution in [0.15, 0.2) is 18.2 Å². The Labute approximate surface area is 115 Å². The van der Waals surface area contributed by atoms with Gasteiger partial charge in [-0.25, -0.2) is 0 Å². The largest absolute Gasteiger partial charge is 0.385 e. The summed E-state index contributed by atoms with van der Waals surface area (Å²) in [5, 5.41) is 3.44. The number of anilines is 2. The molecule has 1 aliphatic rings. The molecule has 1 heterocycles. The molecule has 0 bridgehead atoms. The molecule has 104 valence electrons. The van der Waals surface area contributed by atoms with Gasteiger partial charge < -0.3 is 16.0 Å². The molecule has 1 unspecified atom stereocenters. The Bertz CT molecular complexity index is 455. The Morgan fingerprint density at radius 2 is 2.21 bits per heavy atom. The third-order valence-corrected chi connectivity index (χ3v) is 3.93. The molecule has 4 heteroatoms. The number of aryl methyl sites for hydroxylation is 1. The number of hydrogen-bond acceptors (Lipinski definition) is 3. The van der Waals surface area contributed by atoms with Crippen LogP contribution < -0.4 is 16.0 Å². The van der Waals surface area contributed by atoms with E-state index < -0.39 is 0 Å². The Kier molecular flexibility index (Phi) is 4.43. The van der Waals surface area contributed by atoms with E-state index in [9.17, 15) is 4.79 Å². The Balaban J connectivity index is 2.07. The lowest BCUT2D eigenvalue weighted by Gasteiger charge is -2.26. The van der Waals surface area contributed by atoms with Crippen LogP contribution in [-0.2, 0) is 11.2 Å². The summed E-state index contributed by atoms with van der Waals surface area (Å²) < 4.78 is 0. The first-order chi connectivity index (χ1) is 9.15. The highest BCUT2D eigenvalue weighted by Gasteiger charge is 2.20. The first-order valence-electron chi connectivity index (χ1n) is 6.99. The Hall–Kier alpha value is -1.55. The quantitative estimate of drug-likeness (QED) is 0.852. The van der Waals surface area contributed by atoms with Gasteiger partial charge in [-0.3, -0.25) is 4.79 Å². The molecule has 1 aromatic carbocycles. The van der Waals surface area contributed by atoms with Gasteiger partial charge in [-0.1, -0.05) is 13.3 Å². The third kappa shape index (κ3) is 3.07. The molecule has 19 heavy (non-hydrogen) atoms.